The summed E-state index contributed by atoms with van der Waals surface area (Å²) >= 11 is 6.40. The van der Waals surface area contributed by atoms with Crippen LogP contribution in [-0.4, -0.2) is 34.9 Å². The van der Waals surface area contributed by atoms with Crippen LogP contribution in [0, 0.1) is 17.8 Å². The number of fused-ring (bicyclic) bond motifs is 3. The van der Waals surface area contributed by atoms with Crippen LogP contribution in [0.1, 0.15) is 38.7 Å². The van der Waals surface area contributed by atoms with E-state index >= 15 is 0 Å². The van der Waals surface area contributed by atoms with Crippen LogP contribution in [-0.2, 0) is 15.0 Å². The summed E-state index contributed by atoms with van der Waals surface area (Å²) in [5.74, 6) is 0.753. The van der Waals surface area contributed by atoms with Crippen molar-refractivity contribution >= 4 is 46.6 Å². The number of nitrogens with two attached hydrogens (primary N) is 1. The molecule has 1 saturated carbocycles. The van der Waals surface area contributed by atoms with Gasteiger partial charge in [-0.2, -0.15) is 4.98 Å². The summed E-state index contributed by atoms with van der Waals surface area (Å²) in [6.07, 6.45) is 7.95. The summed E-state index contributed by atoms with van der Waals surface area (Å²) in [6, 6.07) is 5.78. The van der Waals surface area contributed by atoms with E-state index in [4.69, 9.17) is 17.3 Å². The normalized spacial score (nSPS) is 26.8. The molecule has 3 aliphatic rings. The van der Waals surface area contributed by atoms with Crippen molar-refractivity contribution in [2.24, 2.45) is 23.5 Å². The molecule has 1 fully saturated rings. The molecule has 34 heavy (non-hydrogen) atoms. The van der Waals surface area contributed by atoms with Gasteiger partial charge in [-0.3, -0.25) is 9.59 Å². The minimum Gasteiger partial charge on any atom is -0.369 e. The Morgan fingerprint density at radius 3 is 2.79 bits per heavy atom. The van der Waals surface area contributed by atoms with E-state index in [1.165, 1.54) is 0 Å². The largest absolute Gasteiger partial charge is 0.369 e. The summed E-state index contributed by atoms with van der Waals surface area (Å²) in [5, 5.41) is 7.01. The van der Waals surface area contributed by atoms with Crippen molar-refractivity contribution in [1.82, 2.24) is 9.97 Å². The molecule has 4 atom stereocenters. The molecule has 4 N–H and O–H groups in total. The molecule has 0 radical (unpaired) electrons. The number of carbonyl (C=O) groups is 2. The average Bonchev–Trinajstić information content (AvgIpc) is 3.39. The molecular weight excluding hydrogens is 452 g/mol. The van der Waals surface area contributed by atoms with E-state index in [9.17, 15) is 9.59 Å². The Morgan fingerprint density at radius 1 is 1.26 bits per heavy atom. The van der Waals surface area contributed by atoms with Gasteiger partial charge in [0.05, 0.1) is 12.1 Å². The highest BCUT2D eigenvalue weighted by Gasteiger charge is 2.47. The number of rotatable bonds is 5. The topological polar surface area (TPSA) is 113 Å². The van der Waals surface area contributed by atoms with E-state index in [1.807, 2.05) is 19.2 Å². The van der Waals surface area contributed by atoms with Crippen LogP contribution in [0.3, 0.4) is 0 Å². The number of carbonyl (C=O) groups excluding carboxylic acids is 2. The monoisotopic (exact) mass is 480 g/mol. The van der Waals surface area contributed by atoms with E-state index in [-0.39, 0.29) is 41.0 Å². The molecule has 0 saturated heterocycles. The maximum absolute atomic E-state index is 12.4. The van der Waals surface area contributed by atoms with Crippen molar-refractivity contribution in [2.45, 2.75) is 44.6 Å². The number of hydrogen-bond acceptors (Lipinski definition) is 6. The standard InChI is InChI=1S/C25H29ClN6O2/c1-25(2)9-8-19(33)32(3)18-7-6-15(11-16(18)25)29-24-28-12-17(26)23(31-24)30-21-14-5-4-13(10-14)20(21)22(27)34/h4-7,11-14,20-21H,8-10H2,1-3H3,(H2,27,34)(H2,28,29,30,31)/t13-,14+,20+,21-/m1/s1. The third-order valence-corrected chi connectivity index (χ3v) is 7.79. The first-order chi connectivity index (χ1) is 16.1. The zero-order valence-electron chi connectivity index (χ0n) is 19.5. The summed E-state index contributed by atoms with van der Waals surface area (Å²) in [5.41, 5.74) is 8.37. The van der Waals surface area contributed by atoms with Crippen molar-refractivity contribution < 1.29 is 9.59 Å². The highest BCUT2D eigenvalue weighted by atomic mass is 35.5. The molecule has 2 amide bonds. The lowest BCUT2D eigenvalue weighted by molar-refractivity contribution is -0.122. The molecule has 5 rings (SSSR count). The molecule has 2 bridgehead atoms. The van der Waals surface area contributed by atoms with E-state index in [2.05, 4.69) is 52.7 Å². The number of nitrogens with zero attached hydrogens (tertiary/aromatic N) is 3. The van der Waals surface area contributed by atoms with Gasteiger partial charge < -0.3 is 21.3 Å². The molecule has 1 aromatic heterocycles. The van der Waals surface area contributed by atoms with Crippen molar-refractivity contribution in [2.75, 3.05) is 22.6 Å². The Balaban J connectivity index is 1.41. The molecule has 2 heterocycles. The van der Waals surface area contributed by atoms with Crippen LogP contribution in [0.2, 0.25) is 5.02 Å². The van der Waals surface area contributed by atoms with E-state index in [0.717, 1.165) is 29.8 Å². The van der Waals surface area contributed by atoms with Crippen LogP contribution in [0.15, 0.2) is 36.5 Å². The maximum atomic E-state index is 12.4. The Bertz CT molecular complexity index is 1200. The summed E-state index contributed by atoms with van der Waals surface area (Å²) in [4.78, 5) is 35.1. The number of nitrogens with one attached hydrogen (secondary N) is 2. The van der Waals surface area contributed by atoms with E-state index in [1.54, 1.807) is 11.1 Å². The van der Waals surface area contributed by atoms with Gasteiger partial charge in [-0.05, 0) is 53.9 Å². The van der Waals surface area contributed by atoms with Crippen LogP contribution < -0.4 is 21.3 Å². The lowest BCUT2D eigenvalue weighted by Crippen LogP contribution is -2.41. The summed E-state index contributed by atoms with van der Waals surface area (Å²) < 4.78 is 0. The average molecular weight is 481 g/mol. The fourth-order valence-electron chi connectivity index (χ4n) is 5.53. The van der Waals surface area contributed by atoms with E-state index < -0.39 is 0 Å². The van der Waals surface area contributed by atoms with Crippen LogP contribution in [0.4, 0.5) is 23.1 Å². The number of benzene rings is 1. The molecule has 9 heteroatoms. The van der Waals surface area contributed by atoms with Gasteiger partial charge in [0.2, 0.25) is 17.8 Å². The fraction of sp³-hybridized carbons (Fsp3) is 0.440. The number of halogens is 1. The smallest absolute Gasteiger partial charge is 0.229 e. The van der Waals surface area contributed by atoms with Gasteiger partial charge in [0.25, 0.3) is 0 Å². The number of aromatic nitrogens is 2. The summed E-state index contributed by atoms with van der Waals surface area (Å²) in [7, 11) is 1.82. The predicted octanol–water partition coefficient (Wildman–Crippen LogP) is 4.00. The number of amides is 2. The number of primary amides is 1. The van der Waals surface area contributed by atoms with Gasteiger partial charge in [-0.15, -0.1) is 0 Å². The third kappa shape index (κ3) is 3.90. The molecule has 2 aromatic rings. The van der Waals surface area contributed by atoms with Gasteiger partial charge in [0.15, 0.2) is 5.82 Å². The highest BCUT2D eigenvalue weighted by Crippen LogP contribution is 2.45. The zero-order valence-corrected chi connectivity index (χ0v) is 20.3. The molecule has 0 unspecified atom stereocenters. The Morgan fingerprint density at radius 2 is 2.03 bits per heavy atom. The van der Waals surface area contributed by atoms with Crippen LogP contribution in [0.25, 0.3) is 0 Å². The first-order valence-corrected chi connectivity index (χ1v) is 12.0. The van der Waals surface area contributed by atoms with Crippen LogP contribution in [0.5, 0.6) is 0 Å². The predicted molar refractivity (Wildman–Crippen MR) is 133 cm³/mol. The highest BCUT2D eigenvalue weighted by molar-refractivity contribution is 6.32. The first-order valence-electron chi connectivity index (χ1n) is 11.6. The fourth-order valence-corrected chi connectivity index (χ4v) is 5.67. The van der Waals surface area contributed by atoms with Gasteiger partial charge in [-0.25, -0.2) is 4.98 Å². The Kier molecular flexibility index (Phi) is 5.51. The quantitative estimate of drug-likeness (QED) is 0.557. The molecular formula is C25H29ClN6O2. The van der Waals surface area contributed by atoms with Gasteiger partial charge in [0.1, 0.15) is 5.02 Å². The first kappa shape index (κ1) is 22.7. The third-order valence-electron chi connectivity index (χ3n) is 7.52. The second-order valence-electron chi connectivity index (χ2n) is 10.1. The zero-order chi connectivity index (χ0) is 24.2. The minimum absolute atomic E-state index is 0.119. The van der Waals surface area contributed by atoms with Gasteiger partial charge in [0, 0.05) is 30.9 Å². The number of hydrogen-bond donors (Lipinski definition) is 3. The second-order valence-corrected chi connectivity index (χ2v) is 10.5. The molecule has 1 aromatic carbocycles. The van der Waals surface area contributed by atoms with Crippen LogP contribution >= 0.6 is 11.6 Å². The Hall–Kier alpha value is -3.13. The van der Waals surface area contributed by atoms with Crippen molar-refractivity contribution in [3.63, 3.8) is 0 Å². The Labute approximate surface area is 204 Å². The van der Waals surface area contributed by atoms with Gasteiger partial charge in [-0.1, -0.05) is 37.6 Å². The number of allylic oxidation sites excluding steroid dienone is 1. The van der Waals surface area contributed by atoms with Gasteiger partial charge >= 0.3 is 0 Å². The lowest BCUT2D eigenvalue weighted by atomic mass is 9.80. The molecule has 0 spiro atoms. The second kappa shape index (κ2) is 8.27. The van der Waals surface area contributed by atoms with Crippen molar-refractivity contribution in [1.29, 1.82) is 0 Å². The van der Waals surface area contributed by atoms with E-state index in [0.29, 0.717) is 23.2 Å². The van der Waals surface area contributed by atoms with Crippen molar-refractivity contribution in [3.8, 4) is 0 Å². The molecule has 8 nitrogen and oxygen atoms in total. The number of anilines is 4. The summed E-state index contributed by atoms with van der Waals surface area (Å²) in [6.45, 7) is 4.31. The maximum Gasteiger partial charge on any atom is 0.229 e. The minimum atomic E-state index is -0.311. The lowest BCUT2D eigenvalue weighted by Gasteiger charge is -2.27. The van der Waals surface area contributed by atoms with Crippen molar-refractivity contribution in [3.05, 3.63) is 47.1 Å². The SMILES string of the molecule is CN1C(=O)CCC(C)(C)c2cc(Nc3ncc(Cl)c(N[C@H]4[C@@H](C(N)=O)[C@@H]5C=C[C@H]4C5)n3)ccc21. The molecule has 178 valence electrons. The molecule has 1 aliphatic heterocycles. The molecule has 2 aliphatic carbocycles.